The van der Waals surface area contributed by atoms with Crippen molar-refractivity contribution in [3.05, 3.63) is 0 Å². The van der Waals surface area contributed by atoms with Crippen LogP contribution in [-0.2, 0) is 4.79 Å². The van der Waals surface area contributed by atoms with Gasteiger partial charge in [-0.25, -0.2) is 0 Å². The zero-order chi connectivity index (χ0) is 13.7. The lowest BCUT2D eigenvalue weighted by Crippen LogP contribution is -3.16. The minimum Gasteiger partial charge on any atom is -0.342 e. The molecule has 2 rings (SSSR count). The van der Waals surface area contributed by atoms with E-state index in [0.29, 0.717) is 11.8 Å². The molecule has 2 saturated heterocycles. The summed E-state index contributed by atoms with van der Waals surface area (Å²) in [5, 5.41) is 0. The molecule has 0 aliphatic carbocycles. The second-order valence-corrected chi connectivity index (χ2v) is 6.83. The highest BCUT2D eigenvalue weighted by Gasteiger charge is 2.29. The Kier molecular flexibility index (Phi) is 5.68. The Hall–Kier alpha value is -0.570. The minimum absolute atomic E-state index is 0.374. The summed E-state index contributed by atoms with van der Waals surface area (Å²) in [5.74, 6) is 0.862. The van der Waals surface area contributed by atoms with Gasteiger partial charge in [0.2, 0.25) is 5.91 Å². The first-order valence-electron chi connectivity index (χ1n) is 8.29. The van der Waals surface area contributed by atoms with E-state index in [1.165, 1.54) is 51.6 Å². The Bertz CT molecular complexity index is 274. The van der Waals surface area contributed by atoms with E-state index in [-0.39, 0.29) is 0 Å². The zero-order valence-corrected chi connectivity index (χ0v) is 12.8. The number of nitrogens with one attached hydrogen (secondary N) is 1. The molecule has 19 heavy (non-hydrogen) atoms. The van der Waals surface area contributed by atoms with Gasteiger partial charge in [0.25, 0.3) is 0 Å². The van der Waals surface area contributed by atoms with Crippen molar-refractivity contribution in [2.75, 3.05) is 26.2 Å². The van der Waals surface area contributed by atoms with Crippen LogP contribution in [0.2, 0.25) is 0 Å². The molecule has 3 nitrogen and oxygen atoms in total. The fourth-order valence-electron chi connectivity index (χ4n) is 3.61. The number of carbonyl (C=O) groups is 1. The van der Waals surface area contributed by atoms with Crippen molar-refractivity contribution >= 4 is 5.91 Å². The van der Waals surface area contributed by atoms with Crippen LogP contribution in [0.3, 0.4) is 0 Å². The van der Waals surface area contributed by atoms with Gasteiger partial charge in [-0.15, -0.1) is 0 Å². The summed E-state index contributed by atoms with van der Waals surface area (Å²) in [6.45, 7) is 8.99. The van der Waals surface area contributed by atoms with Crippen molar-refractivity contribution in [1.82, 2.24) is 4.90 Å². The number of likely N-dealkylation sites (tertiary alicyclic amines) is 2. The molecule has 0 unspecified atom stereocenters. The van der Waals surface area contributed by atoms with Gasteiger partial charge in [-0.1, -0.05) is 13.8 Å². The van der Waals surface area contributed by atoms with E-state index in [2.05, 4.69) is 18.7 Å². The molecule has 0 atom stereocenters. The number of rotatable bonds is 3. The molecule has 0 radical (unpaired) electrons. The number of carbonyl (C=O) groups excluding carboxylic acids is 1. The number of piperidine rings is 1. The fraction of sp³-hybridized carbons (Fsp3) is 0.938. The highest BCUT2D eigenvalue weighted by molar-refractivity contribution is 5.76. The van der Waals surface area contributed by atoms with Crippen LogP contribution in [-0.4, -0.2) is 43.0 Å². The van der Waals surface area contributed by atoms with Gasteiger partial charge in [0, 0.05) is 32.4 Å². The molecule has 0 saturated carbocycles. The van der Waals surface area contributed by atoms with Crippen LogP contribution in [0.4, 0.5) is 0 Å². The van der Waals surface area contributed by atoms with Gasteiger partial charge in [-0.3, -0.25) is 4.79 Å². The van der Waals surface area contributed by atoms with Gasteiger partial charge in [0.1, 0.15) is 0 Å². The van der Waals surface area contributed by atoms with Crippen molar-refractivity contribution in [3.63, 3.8) is 0 Å². The minimum atomic E-state index is 0.374. The van der Waals surface area contributed by atoms with E-state index in [0.717, 1.165) is 25.6 Å². The molecule has 0 aromatic heterocycles. The van der Waals surface area contributed by atoms with Crippen LogP contribution in [0.5, 0.6) is 0 Å². The fourth-order valence-corrected chi connectivity index (χ4v) is 3.61. The molecule has 2 aliphatic heterocycles. The van der Waals surface area contributed by atoms with Crippen molar-refractivity contribution in [2.24, 2.45) is 5.92 Å². The Morgan fingerprint density at radius 1 is 1.11 bits per heavy atom. The van der Waals surface area contributed by atoms with Gasteiger partial charge in [0.15, 0.2) is 0 Å². The van der Waals surface area contributed by atoms with Crippen molar-refractivity contribution in [3.8, 4) is 0 Å². The Morgan fingerprint density at radius 2 is 1.68 bits per heavy atom. The maximum Gasteiger partial charge on any atom is 0.222 e. The SMILES string of the molecule is CC(C)CC(=O)N1CCC([NH+]2CCCCCC2)CC1. The van der Waals surface area contributed by atoms with Crippen LogP contribution in [0.25, 0.3) is 0 Å². The predicted octanol–water partition coefficient (Wildman–Crippen LogP) is 1.48. The maximum absolute atomic E-state index is 12.1. The summed E-state index contributed by atoms with van der Waals surface area (Å²) in [6.07, 6.45) is 8.83. The summed E-state index contributed by atoms with van der Waals surface area (Å²) in [7, 11) is 0. The molecular weight excluding hydrogens is 236 g/mol. The average molecular weight is 267 g/mol. The van der Waals surface area contributed by atoms with Crippen LogP contribution < -0.4 is 4.90 Å². The number of hydrogen-bond acceptors (Lipinski definition) is 1. The maximum atomic E-state index is 12.1. The van der Waals surface area contributed by atoms with E-state index >= 15 is 0 Å². The predicted molar refractivity (Wildman–Crippen MR) is 78.2 cm³/mol. The van der Waals surface area contributed by atoms with Crippen LogP contribution >= 0.6 is 0 Å². The lowest BCUT2D eigenvalue weighted by Gasteiger charge is -2.36. The average Bonchev–Trinajstić information content (AvgIpc) is 2.67. The molecule has 1 amide bonds. The molecule has 0 aromatic rings. The Balaban J connectivity index is 1.76. The molecule has 110 valence electrons. The second kappa shape index (κ2) is 7.28. The first kappa shape index (κ1) is 14.8. The number of amides is 1. The third kappa shape index (κ3) is 4.48. The molecule has 2 heterocycles. The van der Waals surface area contributed by atoms with Gasteiger partial charge >= 0.3 is 0 Å². The van der Waals surface area contributed by atoms with Gasteiger partial charge in [-0.05, 0) is 31.6 Å². The summed E-state index contributed by atoms with van der Waals surface area (Å²) in [5.41, 5.74) is 0. The molecule has 1 N–H and O–H groups in total. The molecule has 0 spiro atoms. The van der Waals surface area contributed by atoms with Crippen molar-refractivity contribution in [1.29, 1.82) is 0 Å². The second-order valence-electron chi connectivity index (χ2n) is 6.83. The van der Waals surface area contributed by atoms with Crippen LogP contribution in [0.1, 0.15) is 58.8 Å². The summed E-state index contributed by atoms with van der Waals surface area (Å²) in [6, 6.07) is 0.821. The summed E-state index contributed by atoms with van der Waals surface area (Å²) < 4.78 is 0. The molecule has 0 aromatic carbocycles. The molecule has 3 heteroatoms. The molecule has 2 aliphatic rings. The van der Waals surface area contributed by atoms with Crippen molar-refractivity contribution < 1.29 is 9.69 Å². The van der Waals surface area contributed by atoms with E-state index in [4.69, 9.17) is 0 Å². The third-order valence-corrected chi connectivity index (χ3v) is 4.75. The van der Waals surface area contributed by atoms with Crippen LogP contribution in [0.15, 0.2) is 0 Å². The summed E-state index contributed by atoms with van der Waals surface area (Å²) >= 11 is 0. The molecule has 2 fully saturated rings. The number of quaternary nitrogens is 1. The monoisotopic (exact) mass is 267 g/mol. The lowest BCUT2D eigenvalue weighted by atomic mass is 10.0. The van der Waals surface area contributed by atoms with Gasteiger partial charge in [0.05, 0.1) is 19.1 Å². The highest BCUT2D eigenvalue weighted by Crippen LogP contribution is 2.13. The standard InChI is InChI=1S/C16H30N2O/c1-14(2)13-16(19)18-11-7-15(8-12-18)17-9-5-3-4-6-10-17/h14-15H,3-13H2,1-2H3/p+1. The molecular formula is C16H31N2O+. The van der Waals surface area contributed by atoms with E-state index in [9.17, 15) is 4.79 Å². The van der Waals surface area contributed by atoms with Gasteiger partial charge < -0.3 is 9.80 Å². The first-order valence-corrected chi connectivity index (χ1v) is 8.29. The lowest BCUT2D eigenvalue weighted by molar-refractivity contribution is -0.926. The van der Waals surface area contributed by atoms with Crippen LogP contribution in [0, 0.1) is 5.92 Å². The van der Waals surface area contributed by atoms with E-state index in [1.807, 2.05) is 4.90 Å². The number of nitrogens with zero attached hydrogens (tertiary/aromatic N) is 1. The van der Waals surface area contributed by atoms with E-state index < -0.39 is 0 Å². The quantitative estimate of drug-likeness (QED) is 0.823. The zero-order valence-electron chi connectivity index (χ0n) is 12.8. The Labute approximate surface area is 118 Å². The number of hydrogen-bond donors (Lipinski definition) is 1. The largest absolute Gasteiger partial charge is 0.342 e. The smallest absolute Gasteiger partial charge is 0.222 e. The summed E-state index contributed by atoms with van der Waals surface area (Å²) in [4.78, 5) is 16.0. The van der Waals surface area contributed by atoms with Gasteiger partial charge in [-0.2, -0.15) is 0 Å². The van der Waals surface area contributed by atoms with E-state index in [1.54, 1.807) is 0 Å². The molecule has 0 bridgehead atoms. The Morgan fingerprint density at radius 3 is 2.21 bits per heavy atom. The van der Waals surface area contributed by atoms with Crippen molar-refractivity contribution in [2.45, 2.75) is 64.8 Å². The first-order chi connectivity index (χ1) is 9.16. The third-order valence-electron chi connectivity index (χ3n) is 4.75. The highest BCUT2D eigenvalue weighted by atomic mass is 16.2. The topological polar surface area (TPSA) is 24.8 Å². The normalized spacial score (nSPS) is 23.6.